The number of aliphatic carboxylic acids is 1. The lowest BCUT2D eigenvalue weighted by Gasteiger charge is -2.27. The van der Waals surface area contributed by atoms with Crippen LogP contribution in [0, 0.1) is 11.8 Å². The van der Waals surface area contributed by atoms with Crippen molar-refractivity contribution in [3.8, 4) is 0 Å². The summed E-state index contributed by atoms with van der Waals surface area (Å²) in [5.74, 6) is -3.97. The fourth-order valence-corrected chi connectivity index (χ4v) is 2.51. The van der Waals surface area contributed by atoms with Crippen molar-refractivity contribution in [2.75, 3.05) is 6.61 Å². The largest absolute Gasteiger partial charge is 0.480 e. The summed E-state index contributed by atoms with van der Waals surface area (Å²) in [7, 11) is 0. The number of hydrogen-bond acceptors (Lipinski definition) is 7. The van der Waals surface area contributed by atoms with Crippen LogP contribution in [0.25, 0.3) is 0 Å². The minimum absolute atomic E-state index is 0.155. The molecule has 0 fully saturated rings. The van der Waals surface area contributed by atoms with Gasteiger partial charge in [0.15, 0.2) is 6.04 Å². The van der Waals surface area contributed by atoms with E-state index in [4.69, 9.17) is 10.8 Å². The fraction of sp³-hybridized carbons (Fsp3) is 0.778. The van der Waals surface area contributed by atoms with Gasteiger partial charge >= 0.3 is 5.97 Å². The Hall–Kier alpha value is -2.24. The van der Waals surface area contributed by atoms with Crippen LogP contribution in [-0.4, -0.2) is 75.9 Å². The average molecular weight is 418 g/mol. The summed E-state index contributed by atoms with van der Waals surface area (Å²) >= 11 is 0. The maximum absolute atomic E-state index is 12.5. The number of rotatable bonds is 12. The molecular weight excluding hydrogens is 384 g/mol. The highest BCUT2D eigenvalue weighted by Crippen LogP contribution is 2.06. The second kappa shape index (κ2) is 12.3. The van der Waals surface area contributed by atoms with Gasteiger partial charge in [-0.2, -0.15) is 0 Å². The standard InChI is InChI=1S/C18H34N4O7/c1-8(2)6-11(19)15(25)20-12(7-23)16(26)21-13(9(3)4)17(27)22-14(10(5)24)18(28)29/h8-14,23-24H,6-7,19H2,1-5H3,(H,20,25)(H,21,26)(H,22,27)(H,28,29). The van der Waals surface area contributed by atoms with Crippen LogP contribution in [-0.2, 0) is 19.2 Å². The lowest BCUT2D eigenvalue weighted by Crippen LogP contribution is -2.60. The molecule has 0 aliphatic heterocycles. The van der Waals surface area contributed by atoms with Crippen molar-refractivity contribution in [2.45, 2.75) is 71.3 Å². The summed E-state index contributed by atoms with van der Waals surface area (Å²) in [6.45, 7) is 7.49. The number of carboxylic acid groups (broad SMARTS) is 1. The van der Waals surface area contributed by atoms with E-state index in [0.29, 0.717) is 6.42 Å². The third-order valence-electron chi connectivity index (χ3n) is 4.17. The Morgan fingerprint density at radius 2 is 1.38 bits per heavy atom. The van der Waals surface area contributed by atoms with Gasteiger partial charge in [-0.3, -0.25) is 14.4 Å². The van der Waals surface area contributed by atoms with E-state index >= 15 is 0 Å². The Balaban J connectivity index is 5.16. The predicted molar refractivity (Wildman–Crippen MR) is 104 cm³/mol. The van der Waals surface area contributed by atoms with Gasteiger partial charge in [0, 0.05) is 0 Å². The van der Waals surface area contributed by atoms with Gasteiger partial charge in [0.05, 0.1) is 18.8 Å². The highest BCUT2D eigenvalue weighted by Gasteiger charge is 2.33. The SMILES string of the molecule is CC(C)CC(N)C(=O)NC(CO)C(=O)NC(C(=O)NC(C(=O)O)C(C)O)C(C)C. The molecule has 29 heavy (non-hydrogen) atoms. The number of nitrogens with one attached hydrogen (secondary N) is 3. The summed E-state index contributed by atoms with van der Waals surface area (Å²) in [4.78, 5) is 48.1. The average Bonchev–Trinajstić information content (AvgIpc) is 2.59. The number of carbonyl (C=O) groups is 4. The molecule has 0 aliphatic rings. The van der Waals surface area contributed by atoms with Crippen LogP contribution in [0.2, 0.25) is 0 Å². The van der Waals surface area contributed by atoms with E-state index in [1.807, 2.05) is 13.8 Å². The van der Waals surface area contributed by atoms with E-state index in [1.165, 1.54) is 6.92 Å². The number of hydrogen-bond donors (Lipinski definition) is 7. The van der Waals surface area contributed by atoms with Crippen LogP contribution in [0.1, 0.15) is 41.0 Å². The first kappa shape index (κ1) is 26.8. The zero-order valence-corrected chi connectivity index (χ0v) is 17.5. The van der Waals surface area contributed by atoms with Crippen molar-refractivity contribution in [1.29, 1.82) is 0 Å². The van der Waals surface area contributed by atoms with Crippen molar-refractivity contribution < 1.29 is 34.5 Å². The van der Waals surface area contributed by atoms with Gasteiger partial charge in [-0.15, -0.1) is 0 Å². The molecule has 5 unspecified atom stereocenters. The fourth-order valence-electron chi connectivity index (χ4n) is 2.51. The van der Waals surface area contributed by atoms with Gasteiger partial charge in [-0.05, 0) is 25.2 Å². The molecular formula is C18H34N4O7. The second-order valence-electron chi connectivity index (χ2n) is 7.78. The van der Waals surface area contributed by atoms with Crippen LogP contribution in [0.15, 0.2) is 0 Å². The Kier molecular flexibility index (Phi) is 11.4. The normalized spacial score (nSPS) is 16.5. The van der Waals surface area contributed by atoms with Crippen molar-refractivity contribution in [3.63, 3.8) is 0 Å². The molecule has 8 N–H and O–H groups in total. The monoisotopic (exact) mass is 418 g/mol. The third kappa shape index (κ3) is 9.20. The van der Waals surface area contributed by atoms with E-state index in [9.17, 15) is 29.4 Å². The molecule has 0 rings (SSSR count). The Morgan fingerprint density at radius 1 is 0.862 bits per heavy atom. The zero-order valence-electron chi connectivity index (χ0n) is 17.5. The van der Waals surface area contributed by atoms with Crippen LogP contribution < -0.4 is 21.7 Å². The molecule has 0 radical (unpaired) electrons. The summed E-state index contributed by atoms with van der Waals surface area (Å²) in [6, 6.07) is -4.90. The highest BCUT2D eigenvalue weighted by atomic mass is 16.4. The van der Waals surface area contributed by atoms with Crippen molar-refractivity contribution in [2.24, 2.45) is 17.6 Å². The number of aliphatic hydroxyl groups excluding tert-OH is 2. The molecule has 0 saturated carbocycles. The lowest BCUT2D eigenvalue weighted by molar-refractivity contribution is -0.145. The predicted octanol–water partition coefficient (Wildman–Crippen LogP) is -2.07. The molecule has 0 spiro atoms. The maximum Gasteiger partial charge on any atom is 0.328 e. The molecule has 0 aliphatic carbocycles. The third-order valence-corrected chi connectivity index (χ3v) is 4.17. The smallest absolute Gasteiger partial charge is 0.328 e. The van der Waals surface area contributed by atoms with Crippen LogP contribution in [0.5, 0.6) is 0 Å². The molecule has 0 bridgehead atoms. The molecule has 0 aromatic heterocycles. The molecule has 3 amide bonds. The number of amides is 3. The summed E-state index contributed by atoms with van der Waals surface area (Å²) in [5.41, 5.74) is 5.76. The number of carboxylic acids is 1. The quantitative estimate of drug-likeness (QED) is 0.188. The molecule has 168 valence electrons. The first-order chi connectivity index (χ1) is 13.3. The number of carbonyl (C=O) groups excluding carboxylic acids is 3. The first-order valence-corrected chi connectivity index (χ1v) is 9.50. The number of aliphatic hydroxyl groups is 2. The zero-order chi connectivity index (χ0) is 22.9. The molecule has 0 saturated heterocycles. The van der Waals surface area contributed by atoms with E-state index < -0.39 is 66.5 Å². The first-order valence-electron chi connectivity index (χ1n) is 9.50. The van der Waals surface area contributed by atoms with E-state index in [1.54, 1.807) is 13.8 Å². The minimum Gasteiger partial charge on any atom is -0.480 e. The number of nitrogens with two attached hydrogens (primary N) is 1. The molecule has 0 heterocycles. The van der Waals surface area contributed by atoms with Crippen molar-refractivity contribution in [1.82, 2.24) is 16.0 Å². The summed E-state index contributed by atoms with van der Waals surface area (Å²) in [6.07, 6.45) is -0.967. The van der Waals surface area contributed by atoms with Crippen molar-refractivity contribution >= 4 is 23.7 Å². The highest BCUT2D eigenvalue weighted by molar-refractivity contribution is 5.94. The van der Waals surface area contributed by atoms with E-state index in [0.717, 1.165) is 0 Å². The van der Waals surface area contributed by atoms with E-state index in [2.05, 4.69) is 16.0 Å². The Labute approximate surface area is 170 Å². The van der Waals surface area contributed by atoms with Gasteiger partial charge in [-0.25, -0.2) is 4.79 Å². The van der Waals surface area contributed by atoms with Crippen molar-refractivity contribution in [3.05, 3.63) is 0 Å². The lowest BCUT2D eigenvalue weighted by atomic mass is 10.0. The van der Waals surface area contributed by atoms with Gasteiger partial charge in [0.2, 0.25) is 17.7 Å². The second-order valence-corrected chi connectivity index (χ2v) is 7.78. The van der Waals surface area contributed by atoms with Gasteiger partial charge in [0.25, 0.3) is 0 Å². The summed E-state index contributed by atoms with van der Waals surface area (Å²) in [5, 5.41) is 34.9. The van der Waals surface area contributed by atoms with Gasteiger partial charge < -0.3 is 37.0 Å². The van der Waals surface area contributed by atoms with Crippen LogP contribution in [0.4, 0.5) is 0 Å². The summed E-state index contributed by atoms with van der Waals surface area (Å²) < 4.78 is 0. The van der Waals surface area contributed by atoms with Crippen LogP contribution in [0.3, 0.4) is 0 Å². The molecule has 5 atom stereocenters. The van der Waals surface area contributed by atoms with Crippen LogP contribution >= 0.6 is 0 Å². The van der Waals surface area contributed by atoms with Gasteiger partial charge in [0.1, 0.15) is 12.1 Å². The minimum atomic E-state index is -1.55. The molecule has 0 aromatic carbocycles. The Morgan fingerprint density at radius 3 is 1.76 bits per heavy atom. The Bertz CT molecular complexity index is 581. The van der Waals surface area contributed by atoms with E-state index in [-0.39, 0.29) is 5.92 Å². The molecule has 11 nitrogen and oxygen atoms in total. The molecule has 11 heteroatoms. The maximum atomic E-state index is 12.5. The topological polar surface area (TPSA) is 191 Å². The molecule has 0 aromatic rings. The van der Waals surface area contributed by atoms with Gasteiger partial charge in [-0.1, -0.05) is 27.7 Å².